The number of nitrogens with zero attached hydrogens (tertiary/aromatic N) is 2. The van der Waals surface area contributed by atoms with Gasteiger partial charge in [-0.1, -0.05) is 11.6 Å². The van der Waals surface area contributed by atoms with E-state index in [0.29, 0.717) is 28.9 Å². The Balaban J connectivity index is 2.13. The molecule has 0 bridgehead atoms. The molecule has 7 heteroatoms. The van der Waals surface area contributed by atoms with Crippen LogP contribution in [0, 0.1) is 5.82 Å². The summed E-state index contributed by atoms with van der Waals surface area (Å²) in [7, 11) is 0. The SMILES string of the molecule is C[C@H](CCO)Nc1ncc(Cl)c(Nc2ccc(F)cc2)n1. The van der Waals surface area contributed by atoms with E-state index < -0.39 is 0 Å². The van der Waals surface area contributed by atoms with E-state index in [-0.39, 0.29) is 18.5 Å². The van der Waals surface area contributed by atoms with Crippen molar-refractivity contribution >= 4 is 29.1 Å². The lowest BCUT2D eigenvalue weighted by Crippen LogP contribution is -2.18. The van der Waals surface area contributed by atoms with Gasteiger partial charge in [-0.25, -0.2) is 9.37 Å². The highest BCUT2D eigenvalue weighted by atomic mass is 35.5. The Labute approximate surface area is 127 Å². The highest BCUT2D eigenvalue weighted by molar-refractivity contribution is 6.32. The molecule has 0 radical (unpaired) electrons. The van der Waals surface area contributed by atoms with Crippen LogP contribution in [0.2, 0.25) is 5.02 Å². The maximum atomic E-state index is 12.9. The van der Waals surface area contributed by atoms with Crippen LogP contribution in [0.1, 0.15) is 13.3 Å². The number of aliphatic hydroxyl groups excluding tert-OH is 1. The maximum Gasteiger partial charge on any atom is 0.224 e. The van der Waals surface area contributed by atoms with Gasteiger partial charge >= 0.3 is 0 Å². The fraction of sp³-hybridized carbons (Fsp3) is 0.286. The number of hydrogen-bond donors (Lipinski definition) is 3. The number of nitrogens with one attached hydrogen (secondary N) is 2. The van der Waals surface area contributed by atoms with Gasteiger partial charge < -0.3 is 15.7 Å². The van der Waals surface area contributed by atoms with Gasteiger partial charge in [-0.3, -0.25) is 0 Å². The van der Waals surface area contributed by atoms with Crippen molar-refractivity contribution in [2.24, 2.45) is 0 Å². The van der Waals surface area contributed by atoms with Gasteiger partial charge in [0, 0.05) is 18.3 Å². The van der Waals surface area contributed by atoms with Crippen molar-refractivity contribution in [1.29, 1.82) is 0 Å². The second kappa shape index (κ2) is 7.19. The van der Waals surface area contributed by atoms with E-state index in [1.54, 1.807) is 12.1 Å². The third kappa shape index (κ3) is 4.54. The predicted molar refractivity (Wildman–Crippen MR) is 81.5 cm³/mol. The van der Waals surface area contributed by atoms with Gasteiger partial charge in [-0.2, -0.15) is 4.98 Å². The van der Waals surface area contributed by atoms with Crippen molar-refractivity contribution in [1.82, 2.24) is 9.97 Å². The van der Waals surface area contributed by atoms with Gasteiger partial charge in [0.15, 0.2) is 5.82 Å². The summed E-state index contributed by atoms with van der Waals surface area (Å²) in [5.74, 6) is 0.524. The fourth-order valence-corrected chi connectivity index (χ4v) is 1.82. The summed E-state index contributed by atoms with van der Waals surface area (Å²) >= 11 is 6.05. The molecule has 1 aromatic heterocycles. The van der Waals surface area contributed by atoms with Gasteiger partial charge in [0.2, 0.25) is 5.95 Å². The first-order valence-corrected chi connectivity index (χ1v) is 6.89. The number of halogens is 2. The summed E-state index contributed by atoms with van der Waals surface area (Å²) in [6.45, 7) is 2.00. The molecule has 5 nitrogen and oxygen atoms in total. The first kappa shape index (κ1) is 15.5. The van der Waals surface area contributed by atoms with Crippen LogP contribution in [0.15, 0.2) is 30.5 Å². The van der Waals surface area contributed by atoms with Gasteiger partial charge in [0.25, 0.3) is 0 Å². The van der Waals surface area contributed by atoms with E-state index in [0.717, 1.165) is 0 Å². The zero-order chi connectivity index (χ0) is 15.2. The summed E-state index contributed by atoms with van der Waals surface area (Å²) in [5.41, 5.74) is 0.673. The molecule has 1 aromatic carbocycles. The van der Waals surface area contributed by atoms with Crippen molar-refractivity contribution in [3.8, 4) is 0 Å². The Morgan fingerprint density at radius 1 is 1.33 bits per heavy atom. The topological polar surface area (TPSA) is 70.1 Å². The minimum Gasteiger partial charge on any atom is -0.396 e. The summed E-state index contributed by atoms with van der Waals surface area (Å²) in [6, 6.07) is 5.92. The molecule has 112 valence electrons. The second-order valence-corrected chi connectivity index (χ2v) is 4.99. The first-order valence-electron chi connectivity index (χ1n) is 6.51. The highest BCUT2D eigenvalue weighted by Gasteiger charge is 2.08. The minimum absolute atomic E-state index is 0.0369. The Hall–Kier alpha value is -1.92. The standard InChI is InChI=1S/C14H16ClFN4O/c1-9(6-7-21)18-14-17-8-12(15)13(20-14)19-11-4-2-10(16)3-5-11/h2-5,8-9,21H,6-7H2,1H3,(H2,17,18,19,20)/t9-/m1/s1. The predicted octanol–water partition coefficient (Wildman–Crippen LogP) is 3.20. The molecule has 3 N–H and O–H groups in total. The highest BCUT2D eigenvalue weighted by Crippen LogP contribution is 2.24. The number of benzene rings is 1. The third-order valence-electron chi connectivity index (χ3n) is 2.79. The molecule has 2 aromatic rings. The molecule has 0 aliphatic heterocycles. The molecule has 0 spiro atoms. The molecule has 21 heavy (non-hydrogen) atoms. The van der Waals surface area contributed by atoms with Crippen LogP contribution in [0.4, 0.5) is 21.8 Å². The summed E-state index contributed by atoms with van der Waals surface area (Å²) in [4.78, 5) is 8.35. The minimum atomic E-state index is -0.311. The summed E-state index contributed by atoms with van der Waals surface area (Å²) in [6.07, 6.45) is 2.07. The summed E-state index contributed by atoms with van der Waals surface area (Å²) in [5, 5.41) is 15.3. The Morgan fingerprint density at radius 2 is 2.05 bits per heavy atom. The quantitative estimate of drug-likeness (QED) is 0.764. The number of rotatable bonds is 6. The van der Waals surface area contributed by atoms with Crippen LogP contribution in [-0.2, 0) is 0 Å². The molecule has 1 heterocycles. The molecule has 0 aliphatic rings. The lowest BCUT2D eigenvalue weighted by Gasteiger charge is -2.14. The lowest BCUT2D eigenvalue weighted by molar-refractivity contribution is 0.282. The monoisotopic (exact) mass is 310 g/mol. The van der Waals surface area contributed by atoms with Crippen molar-refractivity contribution in [3.63, 3.8) is 0 Å². The van der Waals surface area contributed by atoms with Gasteiger partial charge in [0.1, 0.15) is 10.8 Å². The van der Waals surface area contributed by atoms with Gasteiger partial charge in [-0.05, 0) is 37.6 Å². The molecule has 2 rings (SSSR count). The molecular formula is C14H16ClFN4O. The molecule has 0 saturated carbocycles. The zero-order valence-corrected chi connectivity index (χ0v) is 12.2. The Kier molecular flexibility index (Phi) is 5.30. The Morgan fingerprint density at radius 3 is 2.71 bits per heavy atom. The van der Waals surface area contributed by atoms with Crippen LogP contribution < -0.4 is 10.6 Å². The Bertz CT molecular complexity index is 594. The molecule has 0 unspecified atom stereocenters. The van der Waals surface area contributed by atoms with E-state index in [2.05, 4.69) is 20.6 Å². The smallest absolute Gasteiger partial charge is 0.224 e. The average molecular weight is 311 g/mol. The molecule has 0 aliphatic carbocycles. The van der Waals surface area contributed by atoms with E-state index in [1.165, 1.54) is 18.3 Å². The first-order chi connectivity index (χ1) is 10.1. The normalized spacial score (nSPS) is 12.0. The fourth-order valence-electron chi connectivity index (χ4n) is 1.68. The maximum absolute atomic E-state index is 12.9. The lowest BCUT2D eigenvalue weighted by atomic mass is 10.2. The number of anilines is 3. The average Bonchev–Trinajstić information content (AvgIpc) is 2.45. The van der Waals surface area contributed by atoms with Crippen molar-refractivity contribution in [2.45, 2.75) is 19.4 Å². The third-order valence-corrected chi connectivity index (χ3v) is 3.07. The van der Waals surface area contributed by atoms with Crippen LogP contribution in [0.25, 0.3) is 0 Å². The van der Waals surface area contributed by atoms with Crippen LogP contribution in [-0.4, -0.2) is 27.7 Å². The van der Waals surface area contributed by atoms with E-state index in [4.69, 9.17) is 16.7 Å². The summed E-state index contributed by atoms with van der Waals surface area (Å²) < 4.78 is 12.9. The molecule has 0 saturated heterocycles. The number of aromatic nitrogens is 2. The van der Waals surface area contributed by atoms with Gasteiger partial charge in [-0.15, -0.1) is 0 Å². The molecule has 0 amide bonds. The molecule has 0 fully saturated rings. The molecular weight excluding hydrogens is 295 g/mol. The largest absolute Gasteiger partial charge is 0.396 e. The van der Waals surface area contributed by atoms with E-state index in [1.807, 2.05) is 6.92 Å². The second-order valence-electron chi connectivity index (χ2n) is 4.58. The van der Waals surface area contributed by atoms with Crippen molar-refractivity contribution < 1.29 is 9.50 Å². The van der Waals surface area contributed by atoms with E-state index >= 15 is 0 Å². The number of aliphatic hydroxyl groups is 1. The van der Waals surface area contributed by atoms with Crippen LogP contribution in [0.3, 0.4) is 0 Å². The van der Waals surface area contributed by atoms with Gasteiger partial charge in [0.05, 0.1) is 6.20 Å². The molecule has 1 atom stereocenters. The zero-order valence-electron chi connectivity index (χ0n) is 11.5. The van der Waals surface area contributed by atoms with Crippen LogP contribution in [0.5, 0.6) is 0 Å². The number of hydrogen-bond acceptors (Lipinski definition) is 5. The van der Waals surface area contributed by atoms with Crippen molar-refractivity contribution in [3.05, 3.63) is 41.3 Å². The van der Waals surface area contributed by atoms with Crippen molar-refractivity contribution in [2.75, 3.05) is 17.2 Å². The van der Waals surface area contributed by atoms with E-state index in [9.17, 15) is 4.39 Å². The van der Waals surface area contributed by atoms with Crippen LogP contribution >= 0.6 is 11.6 Å².